The molecule has 0 rings (SSSR count). The zero-order chi connectivity index (χ0) is 24.3. The molecular formula is C32H61P. The molecule has 0 aliphatic carbocycles. The summed E-state index contributed by atoms with van der Waals surface area (Å²) in [5, 5.41) is 0. The zero-order valence-electron chi connectivity index (χ0n) is 23.3. The third-order valence-corrected chi connectivity index (χ3v) is 9.78. The molecule has 0 N–H and O–H groups in total. The van der Waals surface area contributed by atoms with Crippen LogP contribution in [0.1, 0.15) is 156 Å². The molecule has 0 aliphatic rings. The monoisotopic (exact) mass is 476 g/mol. The van der Waals surface area contributed by atoms with E-state index >= 15 is 0 Å². The summed E-state index contributed by atoms with van der Waals surface area (Å²) in [6, 6.07) is 0. The fraction of sp³-hybridized carbons (Fsp3) is 0.750. The summed E-state index contributed by atoms with van der Waals surface area (Å²) in [7, 11) is -1.79. The van der Waals surface area contributed by atoms with Gasteiger partial charge in [-0.25, -0.2) is 0 Å². The first-order valence-corrected chi connectivity index (χ1v) is 17.3. The Labute approximate surface area is 210 Å². The molecule has 0 aliphatic heterocycles. The van der Waals surface area contributed by atoms with Gasteiger partial charge in [0.25, 0.3) is 0 Å². The topological polar surface area (TPSA) is 0 Å². The summed E-state index contributed by atoms with van der Waals surface area (Å²) in [6.07, 6.45) is 36.8. The van der Waals surface area contributed by atoms with E-state index in [1.165, 1.54) is 128 Å². The molecule has 0 spiro atoms. The van der Waals surface area contributed by atoms with Gasteiger partial charge in [-0.1, -0.05) is 0 Å². The Morgan fingerprint density at radius 3 is 0.788 bits per heavy atom. The van der Waals surface area contributed by atoms with Gasteiger partial charge >= 0.3 is 211 Å². The Hall–Kier alpha value is -0.610. The van der Waals surface area contributed by atoms with Crippen LogP contribution in [0.4, 0.5) is 0 Å². The van der Waals surface area contributed by atoms with Crippen molar-refractivity contribution in [3.05, 3.63) is 47.6 Å². The Balaban J connectivity index is 5.27. The van der Waals surface area contributed by atoms with E-state index in [0.717, 1.165) is 0 Å². The van der Waals surface area contributed by atoms with E-state index in [0.29, 0.717) is 0 Å². The van der Waals surface area contributed by atoms with Crippen LogP contribution in [0.2, 0.25) is 0 Å². The fourth-order valence-electron chi connectivity index (χ4n) is 4.24. The van der Waals surface area contributed by atoms with Gasteiger partial charge in [-0.3, -0.25) is 0 Å². The molecule has 0 fully saturated rings. The molecule has 0 radical (unpaired) electrons. The molecule has 33 heavy (non-hydrogen) atoms. The summed E-state index contributed by atoms with van der Waals surface area (Å²) in [4.78, 5) is 0. The molecule has 0 atom stereocenters. The van der Waals surface area contributed by atoms with Crippen molar-refractivity contribution in [1.82, 2.24) is 0 Å². The molecular weight excluding hydrogens is 415 g/mol. The average molecular weight is 477 g/mol. The second kappa shape index (κ2) is 26.0. The number of hydrogen-bond donors (Lipinski definition) is 0. The summed E-state index contributed by atoms with van der Waals surface area (Å²) >= 11 is 0. The summed E-state index contributed by atoms with van der Waals surface area (Å²) in [5.41, 5.74) is 0. The van der Waals surface area contributed by atoms with E-state index in [2.05, 4.69) is 75.3 Å². The maximum atomic E-state index is 2.63. The van der Waals surface area contributed by atoms with E-state index in [1.54, 1.807) is 0 Å². The van der Waals surface area contributed by atoms with Crippen LogP contribution >= 0.6 is 7.26 Å². The van der Waals surface area contributed by atoms with Crippen molar-refractivity contribution in [3.8, 4) is 0 Å². The normalized spacial score (nSPS) is 13.5. The van der Waals surface area contributed by atoms with Crippen molar-refractivity contribution in [1.29, 1.82) is 0 Å². The molecule has 0 aromatic rings. The Bertz CT molecular complexity index is 403. The van der Waals surface area contributed by atoms with Gasteiger partial charge in [0.2, 0.25) is 0 Å². The fourth-order valence-corrected chi connectivity index (χ4v) is 7.21. The summed E-state index contributed by atoms with van der Waals surface area (Å²) in [5.74, 6) is 10.5. The Morgan fingerprint density at radius 1 is 0.333 bits per heavy atom. The van der Waals surface area contributed by atoms with Gasteiger partial charge < -0.3 is 0 Å². The van der Waals surface area contributed by atoms with Crippen molar-refractivity contribution in [2.75, 3.05) is 0 Å². The SMILES string of the molecule is CCCCCCC=C[PH](C=CCCCCCC)(C=CCCCCCC)C=CCCCCCC. The van der Waals surface area contributed by atoms with Crippen LogP contribution in [-0.2, 0) is 0 Å². The summed E-state index contributed by atoms with van der Waals surface area (Å²) in [6.45, 7) is 9.21. The molecule has 194 valence electrons. The van der Waals surface area contributed by atoms with Crippen LogP contribution in [0.3, 0.4) is 0 Å². The van der Waals surface area contributed by atoms with E-state index in [4.69, 9.17) is 0 Å². The molecule has 0 aromatic carbocycles. The number of allylic oxidation sites excluding steroid dienone is 4. The molecule has 0 unspecified atom stereocenters. The molecule has 0 bridgehead atoms. The van der Waals surface area contributed by atoms with Gasteiger partial charge in [0.15, 0.2) is 0 Å². The number of rotatable bonds is 24. The van der Waals surface area contributed by atoms with E-state index < -0.39 is 7.26 Å². The standard InChI is InChI=1S/C32H61P/c1-5-9-13-17-21-25-29-33(30-26-22-18-14-10-6-2,31-27-23-19-15-11-7-3)32-28-24-20-16-12-8-4/h25-33H,5-24H2,1-4H3. The van der Waals surface area contributed by atoms with E-state index in [-0.39, 0.29) is 0 Å². The first-order valence-electron chi connectivity index (χ1n) is 14.9. The third kappa shape index (κ3) is 21.6. The Kier molecular flexibility index (Phi) is 25.5. The molecule has 0 saturated heterocycles. The Morgan fingerprint density at radius 2 is 0.576 bits per heavy atom. The zero-order valence-corrected chi connectivity index (χ0v) is 24.3. The first-order chi connectivity index (χ1) is 16.2. The number of hydrogen-bond acceptors (Lipinski definition) is 0. The predicted molar refractivity (Wildman–Crippen MR) is 160 cm³/mol. The number of unbranched alkanes of at least 4 members (excludes halogenated alkanes) is 16. The van der Waals surface area contributed by atoms with E-state index in [1.807, 2.05) is 0 Å². The van der Waals surface area contributed by atoms with E-state index in [9.17, 15) is 0 Å². The maximum absolute atomic E-state index is 2.63. The van der Waals surface area contributed by atoms with Crippen molar-refractivity contribution in [3.63, 3.8) is 0 Å². The molecule has 0 nitrogen and oxygen atoms in total. The predicted octanol–water partition coefficient (Wildman–Crippen LogP) is 12.7. The first kappa shape index (κ1) is 32.4. The molecule has 0 heterocycles. The second-order valence-corrected chi connectivity index (χ2v) is 13.3. The minimum atomic E-state index is -1.79. The molecule has 0 aromatic heterocycles. The van der Waals surface area contributed by atoms with Gasteiger partial charge in [0, 0.05) is 0 Å². The summed E-state index contributed by atoms with van der Waals surface area (Å²) < 4.78 is 0. The van der Waals surface area contributed by atoms with Crippen molar-refractivity contribution < 1.29 is 0 Å². The second-order valence-electron chi connectivity index (χ2n) is 10.0. The van der Waals surface area contributed by atoms with Crippen molar-refractivity contribution in [2.24, 2.45) is 0 Å². The average Bonchev–Trinajstić information content (AvgIpc) is 2.83. The van der Waals surface area contributed by atoms with Crippen molar-refractivity contribution >= 4 is 7.26 Å². The van der Waals surface area contributed by atoms with Crippen LogP contribution < -0.4 is 0 Å². The quantitative estimate of drug-likeness (QED) is 0.0959. The van der Waals surface area contributed by atoms with Gasteiger partial charge in [-0.15, -0.1) is 0 Å². The van der Waals surface area contributed by atoms with Crippen LogP contribution in [0.15, 0.2) is 47.6 Å². The van der Waals surface area contributed by atoms with Crippen LogP contribution in [0.25, 0.3) is 0 Å². The molecule has 0 saturated carbocycles. The van der Waals surface area contributed by atoms with Crippen LogP contribution in [0, 0.1) is 0 Å². The van der Waals surface area contributed by atoms with Crippen molar-refractivity contribution in [2.45, 2.75) is 156 Å². The molecule has 0 amide bonds. The van der Waals surface area contributed by atoms with Crippen LogP contribution in [0.5, 0.6) is 0 Å². The van der Waals surface area contributed by atoms with Gasteiger partial charge in [-0.2, -0.15) is 0 Å². The minimum absolute atomic E-state index is 1.24. The van der Waals surface area contributed by atoms with Gasteiger partial charge in [-0.05, 0) is 0 Å². The third-order valence-electron chi connectivity index (χ3n) is 6.52. The van der Waals surface area contributed by atoms with Crippen LogP contribution in [-0.4, -0.2) is 0 Å². The van der Waals surface area contributed by atoms with Gasteiger partial charge in [0.1, 0.15) is 0 Å². The van der Waals surface area contributed by atoms with Gasteiger partial charge in [0.05, 0.1) is 0 Å². The molecule has 1 heteroatoms.